The first-order chi connectivity index (χ1) is 8.63. The van der Waals surface area contributed by atoms with Gasteiger partial charge in [-0.05, 0) is 31.9 Å². The van der Waals surface area contributed by atoms with Crippen molar-refractivity contribution in [3.8, 4) is 11.3 Å². The highest BCUT2D eigenvalue weighted by atomic mass is 32.1. The fourth-order valence-corrected chi connectivity index (χ4v) is 2.17. The highest BCUT2D eigenvalue weighted by Crippen LogP contribution is 2.24. The molecule has 0 unspecified atom stereocenters. The molecule has 18 heavy (non-hydrogen) atoms. The first kappa shape index (κ1) is 12.9. The highest BCUT2D eigenvalue weighted by Gasteiger charge is 2.09. The maximum absolute atomic E-state index is 5.34. The van der Waals surface area contributed by atoms with Crippen LogP contribution in [0.1, 0.15) is 30.3 Å². The van der Waals surface area contributed by atoms with E-state index in [4.69, 9.17) is 12.2 Å². The van der Waals surface area contributed by atoms with E-state index in [2.05, 4.69) is 28.8 Å². The molecule has 2 aromatic heterocycles. The van der Waals surface area contributed by atoms with Crippen LogP contribution in [-0.4, -0.2) is 15.0 Å². The molecule has 3 nitrogen and oxygen atoms in total. The van der Waals surface area contributed by atoms with Crippen molar-refractivity contribution < 1.29 is 0 Å². The molecule has 0 aliphatic rings. The summed E-state index contributed by atoms with van der Waals surface area (Å²) in [4.78, 5) is 12.0. The number of nitrogens with one attached hydrogen (secondary N) is 1. The van der Waals surface area contributed by atoms with Crippen molar-refractivity contribution >= 4 is 12.2 Å². The lowest BCUT2D eigenvalue weighted by atomic mass is 10.0. The van der Waals surface area contributed by atoms with Gasteiger partial charge in [-0.2, -0.15) is 0 Å². The summed E-state index contributed by atoms with van der Waals surface area (Å²) in [6.07, 6.45) is 5.64. The third-order valence-electron chi connectivity index (χ3n) is 2.98. The third-order valence-corrected chi connectivity index (χ3v) is 3.38. The molecular formula is C14H17N3S. The molecule has 94 valence electrons. The van der Waals surface area contributed by atoms with E-state index in [9.17, 15) is 0 Å². The Morgan fingerprint density at radius 1 is 1.33 bits per heavy atom. The highest BCUT2D eigenvalue weighted by molar-refractivity contribution is 7.71. The van der Waals surface area contributed by atoms with E-state index in [0.29, 0.717) is 4.64 Å². The summed E-state index contributed by atoms with van der Waals surface area (Å²) in [6.45, 7) is 6.20. The van der Waals surface area contributed by atoms with Crippen LogP contribution in [0.25, 0.3) is 11.3 Å². The van der Waals surface area contributed by atoms with E-state index in [0.717, 1.165) is 41.1 Å². The van der Waals surface area contributed by atoms with Crippen molar-refractivity contribution in [3.63, 3.8) is 0 Å². The quantitative estimate of drug-likeness (QED) is 0.853. The number of nitrogens with zero attached hydrogens (tertiary/aromatic N) is 2. The molecule has 0 saturated heterocycles. The summed E-state index contributed by atoms with van der Waals surface area (Å²) < 4.78 is 0.684. The molecule has 2 rings (SSSR count). The smallest absolute Gasteiger partial charge is 0.133 e. The summed E-state index contributed by atoms with van der Waals surface area (Å²) >= 11 is 5.34. The fraction of sp³-hybridized carbons (Fsp3) is 0.357. The van der Waals surface area contributed by atoms with Gasteiger partial charge in [-0.3, -0.25) is 4.98 Å². The normalized spacial score (nSPS) is 10.6. The van der Waals surface area contributed by atoms with Crippen molar-refractivity contribution in [2.24, 2.45) is 0 Å². The van der Waals surface area contributed by atoms with Crippen LogP contribution in [0.5, 0.6) is 0 Å². The number of aromatic nitrogens is 3. The Kier molecular flexibility index (Phi) is 3.87. The number of aromatic amines is 1. The van der Waals surface area contributed by atoms with Gasteiger partial charge in [0.25, 0.3) is 0 Å². The maximum Gasteiger partial charge on any atom is 0.133 e. The van der Waals surface area contributed by atoms with Crippen molar-refractivity contribution in [1.82, 2.24) is 15.0 Å². The zero-order chi connectivity index (χ0) is 13.1. The first-order valence-electron chi connectivity index (χ1n) is 6.14. The predicted molar refractivity (Wildman–Crippen MR) is 76.1 cm³/mol. The Balaban J connectivity index is 2.63. The van der Waals surface area contributed by atoms with Gasteiger partial charge in [0.05, 0.1) is 5.69 Å². The zero-order valence-electron chi connectivity index (χ0n) is 10.9. The Morgan fingerprint density at radius 2 is 2.11 bits per heavy atom. The average molecular weight is 259 g/mol. The lowest BCUT2D eigenvalue weighted by Gasteiger charge is -2.11. The topological polar surface area (TPSA) is 41.6 Å². The van der Waals surface area contributed by atoms with Gasteiger partial charge in [0.1, 0.15) is 10.5 Å². The van der Waals surface area contributed by atoms with Gasteiger partial charge < -0.3 is 4.98 Å². The SMILES string of the molecule is CCCc1nc(=S)c(C)c(-c2ccncc2C)[nH]1. The molecular weight excluding hydrogens is 242 g/mol. The zero-order valence-corrected chi connectivity index (χ0v) is 11.8. The number of hydrogen-bond acceptors (Lipinski definition) is 3. The Hall–Kier alpha value is -1.55. The van der Waals surface area contributed by atoms with Crippen LogP contribution in [0.2, 0.25) is 0 Å². The third kappa shape index (κ3) is 2.48. The average Bonchev–Trinajstić information content (AvgIpc) is 2.35. The van der Waals surface area contributed by atoms with E-state index in [1.54, 1.807) is 6.20 Å². The minimum absolute atomic E-state index is 0.684. The van der Waals surface area contributed by atoms with Gasteiger partial charge in [-0.1, -0.05) is 19.1 Å². The summed E-state index contributed by atoms with van der Waals surface area (Å²) in [5.41, 5.74) is 4.38. The molecule has 0 aromatic carbocycles. The summed E-state index contributed by atoms with van der Waals surface area (Å²) in [5, 5.41) is 0. The molecule has 0 aliphatic carbocycles. The van der Waals surface area contributed by atoms with Crippen molar-refractivity contribution in [1.29, 1.82) is 0 Å². The van der Waals surface area contributed by atoms with E-state index >= 15 is 0 Å². The van der Waals surface area contributed by atoms with Gasteiger partial charge in [0.2, 0.25) is 0 Å². The molecule has 0 saturated carbocycles. The maximum atomic E-state index is 5.34. The number of aryl methyl sites for hydroxylation is 2. The standard InChI is InChI=1S/C14H17N3S/c1-4-5-12-16-13(10(3)14(18)17-12)11-6-7-15-8-9(11)2/h6-8H,4-5H2,1-3H3,(H,16,17,18). The van der Waals surface area contributed by atoms with Gasteiger partial charge in [-0.25, -0.2) is 4.98 Å². The molecule has 0 fully saturated rings. The second kappa shape index (κ2) is 5.40. The number of H-pyrrole nitrogens is 1. The monoisotopic (exact) mass is 259 g/mol. The fourth-order valence-electron chi connectivity index (χ4n) is 1.96. The van der Waals surface area contributed by atoms with E-state index in [-0.39, 0.29) is 0 Å². The molecule has 0 spiro atoms. The van der Waals surface area contributed by atoms with E-state index < -0.39 is 0 Å². The minimum Gasteiger partial charge on any atom is -0.343 e. The van der Waals surface area contributed by atoms with Crippen LogP contribution in [0.3, 0.4) is 0 Å². The lowest BCUT2D eigenvalue weighted by Crippen LogP contribution is -2.01. The molecule has 0 atom stereocenters. The molecule has 2 aromatic rings. The predicted octanol–water partition coefficient (Wildman–Crippen LogP) is 3.77. The van der Waals surface area contributed by atoms with E-state index in [1.165, 1.54) is 0 Å². The van der Waals surface area contributed by atoms with E-state index in [1.807, 2.05) is 19.2 Å². The largest absolute Gasteiger partial charge is 0.343 e. The summed E-state index contributed by atoms with van der Waals surface area (Å²) in [7, 11) is 0. The molecule has 0 aliphatic heterocycles. The molecule has 0 radical (unpaired) electrons. The Labute approximate surface area is 112 Å². The Morgan fingerprint density at radius 3 is 2.78 bits per heavy atom. The lowest BCUT2D eigenvalue weighted by molar-refractivity contribution is 0.829. The van der Waals surface area contributed by atoms with Crippen LogP contribution in [0, 0.1) is 18.5 Å². The van der Waals surface area contributed by atoms with Gasteiger partial charge in [0.15, 0.2) is 0 Å². The minimum atomic E-state index is 0.684. The van der Waals surface area contributed by atoms with Crippen LogP contribution in [0.4, 0.5) is 0 Å². The Bertz CT molecular complexity index is 617. The van der Waals surface area contributed by atoms with Gasteiger partial charge >= 0.3 is 0 Å². The molecule has 2 heterocycles. The number of hydrogen-bond donors (Lipinski definition) is 1. The number of pyridine rings is 1. The molecule has 0 amide bonds. The summed E-state index contributed by atoms with van der Waals surface area (Å²) in [6, 6.07) is 2.01. The van der Waals surface area contributed by atoms with Crippen LogP contribution in [-0.2, 0) is 6.42 Å². The molecule has 1 N–H and O–H groups in total. The second-order valence-corrected chi connectivity index (χ2v) is 4.82. The van der Waals surface area contributed by atoms with Crippen molar-refractivity contribution in [2.45, 2.75) is 33.6 Å². The second-order valence-electron chi connectivity index (χ2n) is 4.43. The summed E-state index contributed by atoms with van der Waals surface area (Å²) in [5.74, 6) is 0.958. The van der Waals surface area contributed by atoms with Crippen molar-refractivity contribution in [2.75, 3.05) is 0 Å². The number of rotatable bonds is 3. The van der Waals surface area contributed by atoms with Crippen LogP contribution in [0.15, 0.2) is 18.5 Å². The van der Waals surface area contributed by atoms with Crippen LogP contribution < -0.4 is 0 Å². The molecule has 0 bridgehead atoms. The van der Waals surface area contributed by atoms with Crippen molar-refractivity contribution in [3.05, 3.63) is 40.1 Å². The first-order valence-corrected chi connectivity index (χ1v) is 6.55. The molecule has 4 heteroatoms. The van der Waals surface area contributed by atoms with Crippen LogP contribution >= 0.6 is 12.2 Å². The van der Waals surface area contributed by atoms with Gasteiger partial charge in [-0.15, -0.1) is 0 Å². The van der Waals surface area contributed by atoms with Gasteiger partial charge in [0, 0.05) is 29.9 Å².